The van der Waals surface area contributed by atoms with Crippen molar-refractivity contribution in [2.24, 2.45) is 0 Å². The number of aromatic nitrogens is 2. The highest BCUT2D eigenvalue weighted by Crippen LogP contribution is 2.31. The number of amides is 2. The Labute approximate surface area is 178 Å². The fourth-order valence-corrected chi connectivity index (χ4v) is 3.78. The van der Waals surface area contributed by atoms with E-state index in [1.54, 1.807) is 25.1 Å². The zero-order valence-corrected chi connectivity index (χ0v) is 17.0. The van der Waals surface area contributed by atoms with Crippen LogP contribution in [-0.2, 0) is 16.0 Å². The van der Waals surface area contributed by atoms with Crippen molar-refractivity contribution >= 4 is 11.8 Å². The molecule has 1 atom stereocenters. The van der Waals surface area contributed by atoms with Crippen molar-refractivity contribution in [1.82, 2.24) is 20.6 Å². The van der Waals surface area contributed by atoms with Gasteiger partial charge in [-0.2, -0.15) is 4.39 Å². The Morgan fingerprint density at radius 3 is 2.65 bits per heavy atom. The van der Waals surface area contributed by atoms with Gasteiger partial charge in [-0.15, -0.1) is 0 Å². The Morgan fingerprint density at radius 1 is 1.19 bits per heavy atom. The molecule has 1 aliphatic rings. The monoisotopic (exact) mass is 424 g/mol. The molecule has 3 aromatic rings. The van der Waals surface area contributed by atoms with Crippen molar-refractivity contribution in [2.45, 2.75) is 32.2 Å². The second kappa shape index (κ2) is 8.67. The number of benzene rings is 1. The zero-order chi connectivity index (χ0) is 22.0. The molecule has 160 valence electrons. The molecule has 2 amide bonds. The Morgan fingerprint density at radius 2 is 1.97 bits per heavy atom. The van der Waals surface area contributed by atoms with Crippen molar-refractivity contribution in [3.8, 4) is 22.5 Å². The number of pyridine rings is 1. The maximum Gasteiger partial charge on any atom is 0.242 e. The molecular formula is C23H22F2N4O2. The van der Waals surface area contributed by atoms with Gasteiger partial charge in [0, 0.05) is 35.6 Å². The number of aryl methyl sites for hydroxylation is 2. The molecule has 0 bridgehead atoms. The molecule has 0 spiro atoms. The lowest BCUT2D eigenvalue weighted by molar-refractivity contribution is -0.127. The lowest BCUT2D eigenvalue weighted by atomic mass is 10.0. The first-order valence-electron chi connectivity index (χ1n) is 10.1. The molecule has 31 heavy (non-hydrogen) atoms. The predicted molar refractivity (Wildman–Crippen MR) is 112 cm³/mol. The number of rotatable bonds is 6. The summed E-state index contributed by atoms with van der Waals surface area (Å²) in [7, 11) is 0. The normalized spacial score (nSPS) is 15.7. The van der Waals surface area contributed by atoms with E-state index in [0.717, 1.165) is 28.1 Å². The van der Waals surface area contributed by atoms with Crippen molar-refractivity contribution < 1.29 is 18.4 Å². The van der Waals surface area contributed by atoms with Crippen LogP contribution in [0.1, 0.15) is 24.1 Å². The molecule has 6 nitrogen and oxygen atoms in total. The summed E-state index contributed by atoms with van der Waals surface area (Å²) in [6, 6.07) is 10.4. The molecule has 0 radical (unpaired) electrons. The second-order valence-electron chi connectivity index (χ2n) is 7.56. The largest absolute Gasteiger partial charge is 0.354 e. The third-order valence-electron chi connectivity index (χ3n) is 5.38. The molecular weight excluding hydrogens is 402 g/mol. The van der Waals surface area contributed by atoms with Crippen molar-refractivity contribution in [1.29, 1.82) is 0 Å². The molecule has 2 aromatic heterocycles. The summed E-state index contributed by atoms with van der Waals surface area (Å²) >= 11 is 0. The van der Waals surface area contributed by atoms with Gasteiger partial charge >= 0.3 is 0 Å². The summed E-state index contributed by atoms with van der Waals surface area (Å²) in [6.45, 7) is 2.28. The van der Waals surface area contributed by atoms with E-state index in [1.165, 1.54) is 18.2 Å². The maximum atomic E-state index is 13.4. The Balaban J connectivity index is 1.60. The lowest BCUT2D eigenvalue weighted by Crippen LogP contribution is -2.40. The third-order valence-corrected chi connectivity index (χ3v) is 5.38. The van der Waals surface area contributed by atoms with Crippen molar-refractivity contribution in [3.05, 3.63) is 65.5 Å². The van der Waals surface area contributed by atoms with Gasteiger partial charge in [0.25, 0.3) is 0 Å². The third kappa shape index (κ3) is 4.63. The highest BCUT2D eigenvalue weighted by Gasteiger charge is 2.25. The Hall–Kier alpha value is -3.55. The van der Waals surface area contributed by atoms with Crippen molar-refractivity contribution in [2.75, 3.05) is 6.54 Å². The Kier molecular flexibility index (Phi) is 5.79. The summed E-state index contributed by atoms with van der Waals surface area (Å²) in [6.07, 6.45) is 1.18. The number of nitrogens with one attached hydrogen (secondary N) is 3. The van der Waals surface area contributed by atoms with E-state index in [-0.39, 0.29) is 24.1 Å². The van der Waals surface area contributed by atoms with Crippen LogP contribution in [0, 0.1) is 18.7 Å². The lowest BCUT2D eigenvalue weighted by Gasteiger charge is -2.10. The molecule has 3 N–H and O–H groups in total. The van der Waals surface area contributed by atoms with Gasteiger partial charge in [-0.1, -0.05) is 0 Å². The fourth-order valence-electron chi connectivity index (χ4n) is 3.78. The summed E-state index contributed by atoms with van der Waals surface area (Å²) < 4.78 is 26.8. The van der Waals surface area contributed by atoms with Crippen LogP contribution in [0.5, 0.6) is 0 Å². The van der Waals surface area contributed by atoms with Gasteiger partial charge in [0.05, 0.1) is 0 Å². The number of hydrogen-bond donors (Lipinski definition) is 3. The van der Waals surface area contributed by atoms with Gasteiger partial charge < -0.3 is 15.6 Å². The van der Waals surface area contributed by atoms with E-state index in [9.17, 15) is 18.4 Å². The SMILES string of the molecule is Cc1nc(F)ccc1-c1cc(CCC(=O)NC2CCNC2=O)c(-c2ccc(F)cc2)[nH]1. The van der Waals surface area contributed by atoms with Gasteiger partial charge in [0.1, 0.15) is 11.9 Å². The van der Waals surface area contributed by atoms with E-state index < -0.39 is 12.0 Å². The zero-order valence-electron chi connectivity index (χ0n) is 17.0. The van der Waals surface area contributed by atoms with Crippen LogP contribution in [0.3, 0.4) is 0 Å². The number of hydrogen-bond acceptors (Lipinski definition) is 3. The number of nitrogens with zero attached hydrogens (tertiary/aromatic N) is 1. The number of aromatic amines is 1. The average molecular weight is 424 g/mol. The molecule has 1 unspecified atom stereocenters. The molecule has 0 aliphatic carbocycles. The van der Waals surface area contributed by atoms with E-state index in [1.807, 2.05) is 6.07 Å². The Bertz CT molecular complexity index is 1130. The van der Waals surface area contributed by atoms with Gasteiger partial charge in [-0.3, -0.25) is 9.59 Å². The molecule has 0 saturated carbocycles. The second-order valence-corrected chi connectivity index (χ2v) is 7.56. The first kappa shape index (κ1) is 20.7. The summed E-state index contributed by atoms with van der Waals surface area (Å²) in [5.74, 6) is -1.28. The average Bonchev–Trinajstić information content (AvgIpc) is 3.33. The standard InChI is InChI=1S/C23H22F2N4O2/c1-13-17(7-8-20(25)27-13)19-12-15(22(29-19)14-2-5-16(24)6-3-14)4-9-21(30)28-18-10-11-26-23(18)31/h2-3,5-8,12,18,29H,4,9-11H2,1H3,(H,26,31)(H,28,30). The van der Waals surface area contributed by atoms with Crippen molar-refractivity contribution in [3.63, 3.8) is 0 Å². The molecule has 1 aromatic carbocycles. The van der Waals surface area contributed by atoms with E-state index in [4.69, 9.17) is 0 Å². The quantitative estimate of drug-likeness (QED) is 0.531. The van der Waals surface area contributed by atoms with Crippen LogP contribution in [0.4, 0.5) is 8.78 Å². The molecule has 1 fully saturated rings. The summed E-state index contributed by atoms with van der Waals surface area (Å²) in [4.78, 5) is 31.2. The smallest absolute Gasteiger partial charge is 0.242 e. The molecule has 8 heteroatoms. The summed E-state index contributed by atoms with van der Waals surface area (Å²) in [5.41, 5.74) is 4.38. The number of H-pyrrole nitrogens is 1. The maximum absolute atomic E-state index is 13.4. The van der Waals surface area contributed by atoms with E-state index in [2.05, 4.69) is 20.6 Å². The molecule has 1 aliphatic heterocycles. The van der Waals surface area contributed by atoms with Crippen LogP contribution in [0.25, 0.3) is 22.5 Å². The first-order chi connectivity index (χ1) is 14.9. The number of carbonyl (C=O) groups excluding carboxylic acids is 2. The fraction of sp³-hybridized carbons (Fsp3) is 0.261. The highest BCUT2D eigenvalue weighted by molar-refractivity contribution is 5.89. The van der Waals surface area contributed by atoms with Crippen LogP contribution in [0.2, 0.25) is 0 Å². The minimum atomic E-state index is -0.556. The summed E-state index contributed by atoms with van der Waals surface area (Å²) in [5, 5.41) is 5.45. The van der Waals surface area contributed by atoms with Crippen LogP contribution in [0.15, 0.2) is 42.5 Å². The van der Waals surface area contributed by atoms with Gasteiger partial charge in [0.15, 0.2) is 0 Å². The van der Waals surface area contributed by atoms with Crippen LogP contribution < -0.4 is 10.6 Å². The van der Waals surface area contributed by atoms with Crippen LogP contribution in [-0.4, -0.2) is 34.4 Å². The first-order valence-corrected chi connectivity index (χ1v) is 10.1. The van der Waals surface area contributed by atoms with E-state index >= 15 is 0 Å². The minimum Gasteiger partial charge on any atom is -0.354 e. The van der Waals surface area contributed by atoms with Gasteiger partial charge in [-0.25, -0.2) is 9.37 Å². The molecule has 3 heterocycles. The molecule has 4 rings (SSSR count). The highest BCUT2D eigenvalue weighted by atomic mass is 19.1. The van der Waals surface area contributed by atoms with Gasteiger partial charge in [-0.05, 0) is 73.4 Å². The number of halogens is 2. The van der Waals surface area contributed by atoms with Crippen LogP contribution >= 0.6 is 0 Å². The predicted octanol–water partition coefficient (Wildman–Crippen LogP) is 3.27. The molecule has 1 saturated heterocycles. The van der Waals surface area contributed by atoms with Gasteiger partial charge in [0.2, 0.25) is 17.8 Å². The minimum absolute atomic E-state index is 0.163. The number of carbonyl (C=O) groups is 2. The topological polar surface area (TPSA) is 86.9 Å². The van der Waals surface area contributed by atoms with E-state index in [0.29, 0.717) is 25.1 Å².